The first-order valence-corrected chi connectivity index (χ1v) is 5.51. The molecule has 1 aliphatic carbocycles. The zero-order chi connectivity index (χ0) is 10.8. The van der Waals surface area contributed by atoms with Crippen LogP contribution in [0.2, 0.25) is 5.15 Å². The fraction of sp³-hybridized carbons (Fsp3) is 0.455. The molecule has 1 N–H and O–H groups in total. The molecular weight excluding hydrogens is 212 g/mol. The Bertz CT molecular complexity index is 381. The fourth-order valence-corrected chi connectivity index (χ4v) is 1.89. The number of nitrogens with one attached hydrogen (secondary N) is 1. The second-order valence-electron chi connectivity index (χ2n) is 3.84. The van der Waals surface area contributed by atoms with Gasteiger partial charge in [0.2, 0.25) is 5.91 Å². The minimum absolute atomic E-state index is 0.0664. The van der Waals surface area contributed by atoms with Crippen molar-refractivity contribution in [3.8, 4) is 0 Å². The lowest BCUT2D eigenvalue weighted by atomic mass is 10.2. The molecule has 2 atom stereocenters. The zero-order valence-corrected chi connectivity index (χ0v) is 9.29. The molecule has 1 fully saturated rings. The molecule has 2 rings (SSSR count). The Morgan fingerprint density at radius 2 is 2.53 bits per heavy atom. The standard InChI is InChI=1S/C11H13ClN2O/c1-2-7-6-8(7)11(15)14-9-4-3-5-13-10(9)12/h3-5,7-8H,2,6H2,1H3,(H,14,15)/t7-,8-/m1/s1. The van der Waals surface area contributed by atoms with Gasteiger partial charge in [-0.25, -0.2) is 4.98 Å². The molecule has 0 unspecified atom stereocenters. The van der Waals surface area contributed by atoms with Gasteiger partial charge in [0.25, 0.3) is 0 Å². The summed E-state index contributed by atoms with van der Waals surface area (Å²) in [6, 6.07) is 3.52. The van der Waals surface area contributed by atoms with Crippen molar-refractivity contribution in [1.82, 2.24) is 4.98 Å². The van der Waals surface area contributed by atoms with Crippen LogP contribution in [0.5, 0.6) is 0 Å². The van der Waals surface area contributed by atoms with Gasteiger partial charge in [-0.3, -0.25) is 4.79 Å². The minimum Gasteiger partial charge on any atom is -0.323 e. The fourth-order valence-electron chi connectivity index (χ4n) is 1.72. The van der Waals surface area contributed by atoms with Crippen molar-refractivity contribution < 1.29 is 4.79 Å². The van der Waals surface area contributed by atoms with Gasteiger partial charge in [-0.1, -0.05) is 24.9 Å². The van der Waals surface area contributed by atoms with E-state index in [1.165, 1.54) is 0 Å². The second-order valence-corrected chi connectivity index (χ2v) is 4.20. The number of carbonyl (C=O) groups excluding carboxylic acids is 1. The average Bonchev–Trinajstić information content (AvgIpc) is 3.00. The van der Waals surface area contributed by atoms with Crippen LogP contribution in [0.1, 0.15) is 19.8 Å². The lowest BCUT2D eigenvalue weighted by Crippen LogP contribution is -2.15. The number of hydrogen-bond acceptors (Lipinski definition) is 2. The number of nitrogens with zero attached hydrogens (tertiary/aromatic N) is 1. The first-order valence-electron chi connectivity index (χ1n) is 5.13. The minimum atomic E-state index is 0.0664. The van der Waals surface area contributed by atoms with Gasteiger partial charge in [-0.05, 0) is 24.5 Å². The predicted molar refractivity (Wildman–Crippen MR) is 59.8 cm³/mol. The Kier molecular flexibility index (Phi) is 2.91. The van der Waals surface area contributed by atoms with Crippen molar-refractivity contribution in [3.63, 3.8) is 0 Å². The smallest absolute Gasteiger partial charge is 0.227 e. The van der Waals surface area contributed by atoms with E-state index in [0.717, 1.165) is 12.8 Å². The molecule has 0 saturated heterocycles. The van der Waals surface area contributed by atoms with Gasteiger partial charge < -0.3 is 5.32 Å². The third-order valence-corrected chi connectivity index (χ3v) is 3.10. The first kappa shape index (κ1) is 10.4. The topological polar surface area (TPSA) is 42.0 Å². The van der Waals surface area contributed by atoms with Crippen molar-refractivity contribution in [2.45, 2.75) is 19.8 Å². The maximum atomic E-state index is 11.7. The van der Waals surface area contributed by atoms with Gasteiger partial charge in [0, 0.05) is 12.1 Å². The predicted octanol–water partition coefficient (Wildman–Crippen LogP) is 2.72. The molecule has 0 bridgehead atoms. The summed E-state index contributed by atoms with van der Waals surface area (Å²) in [7, 11) is 0. The van der Waals surface area contributed by atoms with Crippen LogP contribution in [0, 0.1) is 11.8 Å². The normalized spacial score (nSPS) is 23.6. The van der Waals surface area contributed by atoms with Crippen molar-refractivity contribution in [2.24, 2.45) is 11.8 Å². The Balaban J connectivity index is 1.98. The van der Waals surface area contributed by atoms with Gasteiger partial charge >= 0.3 is 0 Å². The van der Waals surface area contributed by atoms with Crippen LogP contribution >= 0.6 is 11.6 Å². The summed E-state index contributed by atoms with van der Waals surface area (Å²) in [5, 5.41) is 3.15. The van der Waals surface area contributed by atoms with Crippen LogP contribution in [-0.4, -0.2) is 10.9 Å². The number of hydrogen-bond donors (Lipinski definition) is 1. The van der Waals surface area contributed by atoms with E-state index in [2.05, 4.69) is 17.2 Å². The number of halogens is 1. The molecule has 1 amide bonds. The molecule has 1 heterocycles. The molecule has 0 aromatic carbocycles. The first-order chi connectivity index (χ1) is 7.22. The summed E-state index contributed by atoms with van der Waals surface area (Å²) in [4.78, 5) is 15.6. The van der Waals surface area contributed by atoms with Crippen LogP contribution in [0.15, 0.2) is 18.3 Å². The number of amides is 1. The molecule has 80 valence electrons. The molecule has 0 radical (unpaired) electrons. The molecule has 1 saturated carbocycles. The number of aromatic nitrogens is 1. The molecule has 4 heteroatoms. The zero-order valence-electron chi connectivity index (χ0n) is 8.53. The van der Waals surface area contributed by atoms with E-state index in [-0.39, 0.29) is 11.8 Å². The van der Waals surface area contributed by atoms with E-state index in [1.54, 1.807) is 18.3 Å². The summed E-state index contributed by atoms with van der Waals surface area (Å²) >= 11 is 5.84. The Hall–Kier alpha value is -1.09. The van der Waals surface area contributed by atoms with Gasteiger partial charge in [0.05, 0.1) is 5.69 Å². The summed E-state index contributed by atoms with van der Waals surface area (Å²) in [5.41, 5.74) is 0.603. The second kappa shape index (κ2) is 4.19. The Morgan fingerprint density at radius 1 is 1.73 bits per heavy atom. The monoisotopic (exact) mass is 224 g/mol. The Labute approximate surface area is 93.8 Å². The van der Waals surface area contributed by atoms with E-state index in [4.69, 9.17) is 11.6 Å². The highest BCUT2D eigenvalue weighted by atomic mass is 35.5. The number of carbonyl (C=O) groups is 1. The van der Waals surface area contributed by atoms with Gasteiger partial charge in [0.15, 0.2) is 5.15 Å². The third kappa shape index (κ3) is 2.29. The summed E-state index contributed by atoms with van der Waals surface area (Å²) in [6.07, 6.45) is 3.67. The third-order valence-electron chi connectivity index (χ3n) is 2.80. The molecule has 1 aromatic rings. The Morgan fingerprint density at radius 3 is 3.13 bits per heavy atom. The van der Waals surface area contributed by atoms with Crippen LogP contribution in [-0.2, 0) is 4.79 Å². The number of pyridine rings is 1. The molecule has 15 heavy (non-hydrogen) atoms. The number of anilines is 1. The number of rotatable bonds is 3. The van der Waals surface area contributed by atoms with Crippen LogP contribution < -0.4 is 5.32 Å². The van der Waals surface area contributed by atoms with Gasteiger partial charge in [-0.2, -0.15) is 0 Å². The molecule has 3 nitrogen and oxygen atoms in total. The SMILES string of the molecule is CC[C@@H]1C[C@H]1C(=O)Nc1cccnc1Cl. The highest BCUT2D eigenvalue weighted by Gasteiger charge is 2.41. The quantitative estimate of drug-likeness (QED) is 0.803. The van der Waals surface area contributed by atoms with E-state index < -0.39 is 0 Å². The van der Waals surface area contributed by atoms with Gasteiger partial charge in [-0.15, -0.1) is 0 Å². The summed E-state index contributed by atoms with van der Waals surface area (Å²) in [5.74, 6) is 0.795. The van der Waals surface area contributed by atoms with Crippen LogP contribution in [0.25, 0.3) is 0 Å². The highest BCUT2D eigenvalue weighted by molar-refractivity contribution is 6.32. The lowest BCUT2D eigenvalue weighted by molar-refractivity contribution is -0.117. The van der Waals surface area contributed by atoms with Crippen molar-refractivity contribution in [2.75, 3.05) is 5.32 Å². The van der Waals surface area contributed by atoms with E-state index in [1.807, 2.05) is 0 Å². The maximum Gasteiger partial charge on any atom is 0.227 e. The highest BCUT2D eigenvalue weighted by Crippen LogP contribution is 2.41. The average molecular weight is 225 g/mol. The van der Waals surface area contributed by atoms with Gasteiger partial charge in [0.1, 0.15) is 0 Å². The van der Waals surface area contributed by atoms with E-state index >= 15 is 0 Å². The van der Waals surface area contributed by atoms with E-state index in [9.17, 15) is 4.79 Å². The molecule has 1 aliphatic rings. The maximum absolute atomic E-state index is 11.7. The van der Waals surface area contributed by atoms with Crippen molar-refractivity contribution in [3.05, 3.63) is 23.5 Å². The molecule has 0 spiro atoms. The van der Waals surface area contributed by atoms with Crippen molar-refractivity contribution >= 4 is 23.2 Å². The van der Waals surface area contributed by atoms with Crippen LogP contribution in [0.3, 0.4) is 0 Å². The largest absolute Gasteiger partial charge is 0.323 e. The van der Waals surface area contributed by atoms with Crippen LogP contribution in [0.4, 0.5) is 5.69 Å². The molecule has 0 aliphatic heterocycles. The summed E-state index contributed by atoms with van der Waals surface area (Å²) in [6.45, 7) is 2.11. The summed E-state index contributed by atoms with van der Waals surface area (Å²) < 4.78 is 0. The molecular formula is C11H13ClN2O. The molecule has 1 aromatic heterocycles. The van der Waals surface area contributed by atoms with Crippen molar-refractivity contribution in [1.29, 1.82) is 0 Å². The van der Waals surface area contributed by atoms with E-state index in [0.29, 0.717) is 16.8 Å². The lowest BCUT2D eigenvalue weighted by Gasteiger charge is -2.05.